The van der Waals surface area contributed by atoms with Crippen LogP contribution in [0.1, 0.15) is 0 Å². The lowest BCUT2D eigenvalue weighted by molar-refractivity contribution is -0.982. The summed E-state index contributed by atoms with van der Waals surface area (Å²) in [5.74, 6) is 0.261. The minimum absolute atomic E-state index is 0.261. The van der Waals surface area contributed by atoms with Crippen LogP contribution in [-0.4, -0.2) is 0 Å². The number of phosphoric ester groups is 1. The van der Waals surface area contributed by atoms with Crippen molar-refractivity contribution in [2.45, 2.75) is 0 Å². The fourth-order valence-electron chi connectivity index (χ4n) is 0.912. The average Bonchev–Trinajstić information content (AvgIpc) is 2.17. The molecule has 2 aliphatic heterocycles. The third kappa shape index (κ3) is 1.49. The number of quaternary nitrogens is 1. The molecule has 2 heterocycles. The summed E-state index contributed by atoms with van der Waals surface area (Å²) in [5, 5.41) is 0.261. The van der Waals surface area contributed by atoms with E-state index in [1.165, 1.54) is 12.3 Å². The Labute approximate surface area is 68.8 Å². The van der Waals surface area contributed by atoms with Crippen LogP contribution in [0.3, 0.4) is 0 Å². The third-order valence-electron chi connectivity index (χ3n) is 1.37. The van der Waals surface area contributed by atoms with E-state index in [1.807, 2.05) is 0 Å². The minimum atomic E-state index is -4.18. The molecule has 2 rings (SSSR count). The topological polar surface area (TPSA) is 63.0 Å². The molecule has 0 amide bonds. The van der Waals surface area contributed by atoms with Gasteiger partial charge in [0.05, 0.1) is 0 Å². The Hall–Kier alpha value is -0.870. The van der Waals surface area contributed by atoms with Gasteiger partial charge in [-0.3, -0.25) is 4.57 Å². The lowest BCUT2D eigenvalue weighted by Crippen LogP contribution is -3.00. The standard InChI is InChI=1S/C6H6NO4P/c8-12(9)10-6-2-1-4-7(11-12)5-3-6/h1-5H,(H,8,9). The Morgan fingerprint density at radius 1 is 1.50 bits per heavy atom. The highest BCUT2D eigenvalue weighted by Crippen LogP contribution is 2.40. The summed E-state index contributed by atoms with van der Waals surface area (Å²) in [6.45, 7) is 0. The van der Waals surface area contributed by atoms with E-state index in [1.54, 1.807) is 18.4 Å². The van der Waals surface area contributed by atoms with Crippen molar-refractivity contribution in [2.24, 2.45) is 0 Å². The van der Waals surface area contributed by atoms with E-state index in [2.05, 4.69) is 9.15 Å². The zero-order valence-corrected chi connectivity index (χ0v) is 6.86. The molecular formula is C6H6NO4P. The number of rotatable bonds is 0. The Bertz CT molecular complexity index is 332. The highest BCUT2D eigenvalue weighted by Gasteiger charge is 2.23. The molecule has 0 aromatic heterocycles. The van der Waals surface area contributed by atoms with Crippen LogP contribution in [0.5, 0.6) is 0 Å². The molecule has 64 valence electrons. The van der Waals surface area contributed by atoms with Gasteiger partial charge in [-0.15, -0.1) is 9.69 Å². The minimum Gasteiger partial charge on any atom is -0.742 e. The highest BCUT2D eigenvalue weighted by atomic mass is 31.2. The monoisotopic (exact) mass is 187 g/mol. The second-order valence-corrected chi connectivity index (χ2v) is 3.55. The number of fused-ring (bicyclic) bond motifs is 2. The second kappa shape index (κ2) is 2.57. The Morgan fingerprint density at radius 2 is 2.33 bits per heavy atom. The molecule has 2 unspecified atom stereocenters. The Kier molecular flexibility index (Phi) is 1.66. The maximum absolute atomic E-state index is 10.9. The van der Waals surface area contributed by atoms with Gasteiger partial charge in [0.25, 0.3) is 0 Å². The maximum Gasteiger partial charge on any atom is 0.374 e. The number of phosphoric acid groups is 1. The van der Waals surface area contributed by atoms with Crippen molar-refractivity contribution in [3.63, 3.8) is 0 Å². The van der Waals surface area contributed by atoms with Crippen molar-refractivity contribution in [3.8, 4) is 0 Å². The molecule has 5 nitrogen and oxygen atoms in total. The Morgan fingerprint density at radius 3 is 3.17 bits per heavy atom. The summed E-state index contributed by atoms with van der Waals surface area (Å²) < 4.78 is 20.0. The van der Waals surface area contributed by atoms with E-state index in [0.717, 1.165) is 0 Å². The van der Waals surface area contributed by atoms with E-state index >= 15 is 0 Å². The zero-order chi connectivity index (χ0) is 8.60. The van der Waals surface area contributed by atoms with Crippen LogP contribution in [0.4, 0.5) is 0 Å². The molecule has 12 heavy (non-hydrogen) atoms. The molecule has 2 bridgehead atoms. The summed E-state index contributed by atoms with van der Waals surface area (Å²) in [4.78, 5) is 10.9. The number of hydroxylamine groups is 2. The number of hydrogen-bond acceptors (Lipinski definition) is 4. The van der Waals surface area contributed by atoms with Crippen LogP contribution in [0.15, 0.2) is 36.4 Å². The molecule has 2 atom stereocenters. The predicted molar refractivity (Wildman–Crippen MR) is 37.1 cm³/mol. The first-order valence-electron chi connectivity index (χ1n) is 3.29. The van der Waals surface area contributed by atoms with Gasteiger partial charge >= 0.3 is 7.82 Å². The van der Waals surface area contributed by atoms with Crippen LogP contribution in [0.2, 0.25) is 0 Å². The van der Waals surface area contributed by atoms with Gasteiger partial charge in [-0.2, -0.15) is 0 Å². The highest BCUT2D eigenvalue weighted by molar-refractivity contribution is 7.45. The molecule has 2 aliphatic rings. The van der Waals surface area contributed by atoms with Crippen LogP contribution in [-0.2, 0) is 13.7 Å². The van der Waals surface area contributed by atoms with Gasteiger partial charge in [0.15, 0.2) is 0 Å². The van der Waals surface area contributed by atoms with Gasteiger partial charge in [0, 0.05) is 6.08 Å². The Balaban J connectivity index is 2.41. The van der Waals surface area contributed by atoms with Crippen molar-refractivity contribution < 1.29 is 23.7 Å². The normalized spacial score (nSPS) is 38.4. The molecule has 0 radical (unpaired) electrons. The van der Waals surface area contributed by atoms with Crippen LogP contribution < -0.4 is 9.96 Å². The van der Waals surface area contributed by atoms with Crippen molar-refractivity contribution >= 4 is 7.82 Å². The predicted octanol–water partition coefficient (Wildman–Crippen LogP) is -0.774. The van der Waals surface area contributed by atoms with E-state index in [0.29, 0.717) is 0 Å². The summed E-state index contributed by atoms with van der Waals surface area (Å²) >= 11 is 0. The molecule has 0 aromatic rings. The smallest absolute Gasteiger partial charge is 0.374 e. The number of allylic oxidation sites excluding steroid dienone is 3. The van der Waals surface area contributed by atoms with Gasteiger partial charge in [-0.1, -0.05) is 0 Å². The first-order valence-corrected chi connectivity index (χ1v) is 4.75. The second-order valence-electron chi connectivity index (χ2n) is 2.29. The number of hydrogen-bond donors (Lipinski definition) is 1. The number of nitrogens with one attached hydrogen (secondary N) is 1. The fourth-order valence-corrected chi connectivity index (χ4v) is 1.71. The molecule has 0 saturated carbocycles. The average molecular weight is 187 g/mol. The van der Waals surface area contributed by atoms with Crippen LogP contribution in [0.25, 0.3) is 0 Å². The molecular weight excluding hydrogens is 181 g/mol. The SMILES string of the molecule is O=P1([O-])OC2=CC=C[NH+](C=C2)O1. The van der Waals surface area contributed by atoms with Gasteiger partial charge in [0.1, 0.15) is 18.2 Å². The summed E-state index contributed by atoms with van der Waals surface area (Å²) in [6, 6.07) is 0. The van der Waals surface area contributed by atoms with Gasteiger partial charge in [0.2, 0.25) is 0 Å². The van der Waals surface area contributed by atoms with Crippen molar-refractivity contribution in [1.82, 2.24) is 0 Å². The van der Waals surface area contributed by atoms with Crippen LogP contribution >= 0.6 is 7.82 Å². The van der Waals surface area contributed by atoms with E-state index in [4.69, 9.17) is 0 Å². The first-order chi connectivity index (χ1) is 5.66. The molecule has 0 saturated heterocycles. The summed E-state index contributed by atoms with van der Waals surface area (Å²) in [6.07, 6.45) is 7.83. The van der Waals surface area contributed by atoms with Crippen molar-refractivity contribution in [2.75, 3.05) is 0 Å². The van der Waals surface area contributed by atoms with Crippen molar-refractivity contribution in [3.05, 3.63) is 36.4 Å². The van der Waals surface area contributed by atoms with Crippen molar-refractivity contribution in [1.29, 1.82) is 0 Å². The molecule has 6 heteroatoms. The molecule has 0 fully saturated rings. The van der Waals surface area contributed by atoms with Gasteiger partial charge in [-0.25, -0.2) is 0 Å². The zero-order valence-electron chi connectivity index (χ0n) is 5.97. The summed E-state index contributed by atoms with van der Waals surface area (Å²) in [5.41, 5.74) is 0. The molecule has 0 aliphatic carbocycles. The lowest BCUT2D eigenvalue weighted by atomic mass is 10.4. The van der Waals surface area contributed by atoms with E-state index in [9.17, 15) is 9.46 Å². The fraction of sp³-hybridized carbons (Fsp3) is 0. The quantitative estimate of drug-likeness (QED) is 0.505. The largest absolute Gasteiger partial charge is 0.742 e. The van der Waals surface area contributed by atoms with Gasteiger partial charge < -0.3 is 9.42 Å². The van der Waals surface area contributed by atoms with E-state index < -0.39 is 7.82 Å². The third-order valence-corrected chi connectivity index (χ3v) is 2.24. The van der Waals surface area contributed by atoms with E-state index in [-0.39, 0.29) is 10.8 Å². The molecule has 0 spiro atoms. The lowest BCUT2D eigenvalue weighted by Gasteiger charge is -2.21. The first kappa shape index (κ1) is 7.76. The maximum atomic E-state index is 10.9. The molecule has 0 aromatic carbocycles. The van der Waals surface area contributed by atoms with Gasteiger partial charge in [-0.05, 0) is 12.2 Å². The van der Waals surface area contributed by atoms with Crippen LogP contribution in [0, 0.1) is 0 Å². The summed E-state index contributed by atoms with van der Waals surface area (Å²) in [7, 11) is -4.18. The molecule has 1 N–H and O–H groups in total.